The summed E-state index contributed by atoms with van der Waals surface area (Å²) < 4.78 is 14.1. The zero-order chi connectivity index (χ0) is 74.7. The number of benzene rings is 8. The molecule has 0 atom stereocenters. The molecule has 2 aromatic heterocycles. The van der Waals surface area contributed by atoms with Crippen LogP contribution in [0.5, 0.6) is 0 Å². The first kappa shape index (κ1) is 84.1. The Morgan fingerprint density at radius 1 is 0.298 bits per heavy atom. The van der Waals surface area contributed by atoms with Gasteiger partial charge >= 0.3 is 7.12 Å². The van der Waals surface area contributed by atoms with Crippen molar-refractivity contribution in [3.05, 3.63) is 258 Å². The topological polar surface area (TPSA) is 44.2 Å². The Bertz CT molecular complexity index is 4180. The van der Waals surface area contributed by atoms with Gasteiger partial charge in [0, 0.05) is 33.6 Å². The average molecular weight is 1470 g/mol. The van der Waals surface area contributed by atoms with E-state index in [4.69, 9.17) is 14.3 Å². The van der Waals surface area contributed by atoms with Crippen LogP contribution in [-0.4, -0.2) is 28.3 Å². The van der Waals surface area contributed by atoms with Gasteiger partial charge in [-0.05, 0) is 233 Å². The molecule has 0 saturated carbocycles. The van der Waals surface area contributed by atoms with Gasteiger partial charge in [-0.15, -0.1) is 0 Å². The molecule has 3 heterocycles. The molecular weight excluding hydrogens is 1350 g/mol. The molecule has 7 heteroatoms. The van der Waals surface area contributed by atoms with E-state index in [1.165, 1.54) is 72.3 Å². The highest BCUT2D eigenvalue weighted by molar-refractivity contribution is 9.10. The molecule has 10 aromatic rings. The average Bonchev–Trinajstić information content (AvgIpc) is 1.60. The summed E-state index contributed by atoms with van der Waals surface area (Å²) in [6, 6.07) is 79.6. The fourth-order valence-electron chi connectivity index (χ4n) is 15.9. The van der Waals surface area contributed by atoms with Crippen molar-refractivity contribution < 1.29 is 9.31 Å². The van der Waals surface area contributed by atoms with Crippen LogP contribution in [0.15, 0.2) is 235 Å². The second-order valence-corrected chi connectivity index (χ2v) is 38.5. The fraction of sp³-hybridized carbons (Fsp3) is 0.402. The first-order chi connectivity index (χ1) is 47.3. The van der Waals surface area contributed by atoms with Gasteiger partial charge in [0.25, 0.3) is 0 Å². The molecule has 1 saturated heterocycles. The molecule has 550 valence electrons. The molecule has 0 N–H and O–H groups in total. The van der Waals surface area contributed by atoms with Crippen LogP contribution in [0.4, 0.5) is 0 Å². The number of hydrogen-bond donors (Lipinski definition) is 0. The predicted octanol–water partition coefficient (Wildman–Crippen LogP) is 28.2. The van der Waals surface area contributed by atoms with Crippen molar-refractivity contribution in [2.24, 2.45) is 21.7 Å². The van der Waals surface area contributed by atoms with Gasteiger partial charge in [-0.2, -0.15) is 13.5 Å². The van der Waals surface area contributed by atoms with Gasteiger partial charge in [-0.3, -0.25) is 9.97 Å². The summed E-state index contributed by atoms with van der Waals surface area (Å²) in [6.07, 6.45) is 8.34. The van der Waals surface area contributed by atoms with E-state index in [0.29, 0.717) is 0 Å². The zero-order valence-corrected chi connectivity index (χ0v) is 69.5. The van der Waals surface area contributed by atoms with Crippen LogP contribution in [0.25, 0.3) is 78.1 Å². The molecule has 0 aliphatic carbocycles. The maximum atomic E-state index is 6.53. The van der Waals surface area contributed by atoms with Crippen LogP contribution >= 0.6 is 29.4 Å². The van der Waals surface area contributed by atoms with E-state index in [9.17, 15) is 0 Å². The summed E-state index contributed by atoms with van der Waals surface area (Å²) in [7, 11) is -0.418. The zero-order valence-electron chi connectivity index (χ0n) is 66.9. The Labute approximate surface area is 646 Å². The van der Waals surface area contributed by atoms with Crippen molar-refractivity contribution >= 4 is 42.0 Å². The van der Waals surface area contributed by atoms with Crippen molar-refractivity contribution in [1.29, 1.82) is 0 Å². The van der Waals surface area contributed by atoms with Crippen LogP contribution in [0.2, 0.25) is 0 Å². The summed E-state index contributed by atoms with van der Waals surface area (Å²) in [4.78, 5) is 9.17. The highest BCUT2D eigenvalue weighted by atomic mass is 79.9. The Hall–Kier alpha value is -7.13. The van der Waals surface area contributed by atoms with E-state index >= 15 is 0 Å². The molecule has 1 fully saturated rings. The van der Waals surface area contributed by atoms with Gasteiger partial charge in [-0.1, -0.05) is 322 Å². The second kappa shape index (κ2) is 32.9. The lowest BCUT2D eigenvalue weighted by Crippen LogP contribution is -2.41. The van der Waals surface area contributed by atoms with E-state index in [0.717, 1.165) is 63.7 Å². The first-order valence-corrected chi connectivity index (χ1v) is 37.9. The van der Waals surface area contributed by atoms with Gasteiger partial charge in [-0.25, -0.2) is 0 Å². The predicted molar refractivity (Wildman–Crippen MR) is 462 cm³/mol. The highest BCUT2D eigenvalue weighted by Crippen LogP contribution is 2.44. The van der Waals surface area contributed by atoms with Crippen LogP contribution in [-0.2, 0) is 31.0 Å². The second-order valence-electron chi connectivity index (χ2n) is 37.6. The minimum absolute atomic E-state index is 0. The normalized spacial score (nSPS) is 14.1. The number of pyridine rings is 2. The third-order valence-corrected chi connectivity index (χ3v) is 20.7. The molecule has 0 unspecified atom stereocenters. The van der Waals surface area contributed by atoms with E-state index in [2.05, 4.69) is 369 Å². The standard InChI is InChI=1S/C45H53N.C40H57BO2.C11H8BrN.CH4.H2S/c1-42(2,3)30-44(7,8)39-21-16-32(17-22-39)36-26-37(33-18-23-40(24-19-33)45(9,10)31-43(4,5)6)28-38(27-36)35-20-25-41(46-29-35)34-14-12-11-13-15-34;1-35(2,3)26-37(7,8)32-19-15-28(16-20-32)30-23-31(25-34(24-30)41-42-39(11,12)40(13,14)43-41)29-17-21-33(22-18-29)38(9,10)27-36(4,5)6;12-10-6-7-11(13-8-10)9-4-2-1-3-5-9;;/h11-29H,30-31H2,1-10H3;15-25H,26-27H2,1-14H3;1-8H;1H4;1H2. The van der Waals surface area contributed by atoms with Crippen molar-refractivity contribution in [3.8, 4) is 78.1 Å². The van der Waals surface area contributed by atoms with Gasteiger partial charge in [0.05, 0.1) is 22.6 Å². The molecule has 104 heavy (non-hydrogen) atoms. The van der Waals surface area contributed by atoms with E-state index in [-0.39, 0.29) is 64.2 Å². The maximum absolute atomic E-state index is 6.53. The highest BCUT2D eigenvalue weighted by Gasteiger charge is 2.52. The van der Waals surface area contributed by atoms with Gasteiger partial charge in [0.15, 0.2) is 0 Å². The molecule has 0 spiro atoms. The van der Waals surface area contributed by atoms with Gasteiger partial charge < -0.3 is 9.31 Å². The summed E-state index contributed by atoms with van der Waals surface area (Å²) in [5, 5.41) is 0. The Morgan fingerprint density at radius 3 is 0.798 bits per heavy atom. The minimum atomic E-state index is -0.418. The van der Waals surface area contributed by atoms with Crippen LogP contribution in [0.1, 0.15) is 222 Å². The molecule has 1 aliphatic heterocycles. The lowest BCUT2D eigenvalue weighted by atomic mass is 9.72. The summed E-state index contributed by atoms with van der Waals surface area (Å²) >= 11 is 3.36. The maximum Gasteiger partial charge on any atom is 0.494 e. The molecular formula is C97H124BBrN2O2S. The monoisotopic (exact) mass is 1470 g/mol. The number of aromatic nitrogens is 2. The largest absolute Gasteiger partial charge is 0.494 e. The van der Waals surface area contributed by atoms with Crippen molar-refractivity contribution in [2.45, 2.75) is 232 Å². The third kappa shape index (κ3) is 22.7. The molecule has 4 nitrogen and oxygen atoms in total. The number of rotatable bonds is 16. The number of hydrogen-bond acceptors (Lipinski definition) is 4. The van der Waals surface area contributed by atoms with Crippen molar-refractivity contribution in [3.63, 3.8) is 0 Å². The SMILES string of the molecule is Brc1ccc(-c2ccccc2)nc1.C.CC(C)(C)CC(C)(C)c1ccc(-c2cc(-c3ccc(C(C)(C)CC(C)(C)C)cc3)cc(-c3ccc(-c4ccccc4)nc3)c2)cc1.CC(C)(C)CC(C)(C)c1ccc(-c2cc(B3OC(C)(C)C(C)(C)O3)cc(-c3ccc(C(C)(C)CC(C)(C)C)cc3)c2)cc1.S. The number of halogens is 1. The molecule has 1 aliphatic rings. The molecule has 0 radical (unpaired) electrons. The van der Waals surface area contributed by atoms with E-state index < -0.39 is 18.3 Å². The lowest BCUT2D eigenvalue weighted by molar-refractivity contribution is 0.00578. The van der Waals surface area contributed by atoms with Gasteiger partial charge in [0.2, 0.25) is 0 Å². The quantitative estimate of drug-likeness (QED) is 0.0905. The fourth-order valence-corrected chi connectivity index (χ4v) is 16.1. The van der Waals surface area contributed by atoms with Crippen molar-refractivity contribution in [1.82, 2.24) is 9.97 Å². The molecule has 8 aromatic carbocycles. The summed E-state index contributed by atoms with van der Waals surface area (Å²) in [5.74, 6) is 0. The lowest BCUT2D eigenvalue weighted by Gasteiger charge is -2.33. The van der Waals surface area contributed by atoms with Crippen molar-refractivity contribution in [2.75, 3.05) is 0 Å². The minimum Gasteiger partial charge on any atom is -0.399 e. The third-order valence-electron chi connectivity index (χ3n) is 20.3. The van der Waals surface area contributed by atoms with Crippen LogP contribution in [0.3, 0.4) is 0 Å². The number of nitrogens with zero attached hydrogens (tertiary/aromatic N) is 2. The Morgan fingerprint density at radius 2 is 0.548 bits per heavy atom. The smallest absolute Gasteiger partial charge is 0.399 e. The van der Waals surface area contributed by atoms with E-state index in [1.807, 2.05) is 48.8 Å². The summed E-state index contributed by atoms with van der Waals surface area (Å²) in [6.45, 7) is 55.3. The van der Waals surface area contributed by atoms with E-state index in [1.54, 1.807) is 0 Å². The van der Waals surface area contributed by atoms with Crippen LogP contribution in [0, 0.1) is 21.7 Å². The van der Waals surface area contributed by atoms with Crippen LogP contribution < -0.4 is 5.46 Å². The Balaban J connectivity index is 0.000000243. The first-order valence-electron chi connectivity index (χ1n) is 37.1. The summed E-state index contributed by atoms with van der Waals surface area (Å²) in [5.41, 5.74) is 23.5. The molecule has 11 rings (SSSR count). The van der Waals surface area contributed by atoms with Gasteiger partial charge in [0.1, 0.15) is 0 Å². The Kier molecular flexibility index (Phi) is 26.6. The molecule has 0 amide bonds. The molecule has 0 bridgehead atoms.